The second kappa shape index (κ2) is 11.2. The van der Waals surface area contributed by atoms with Crippen LogP contribution in [0.3, 0.4) is 0 Å². The molecule has 1 rings (SSSR count). The van der Waals surface area contributed by atoms with Crippen molar-refractivity contribution in [2.24, 2.45) is 0 Å². The molecule has 128 valence electrons. The fourth-order valence-corrected chi connectivity index (χ4v) is 4.39. The van der Waals surface area contributed by atoms with Crippen molar-refractivity contribution in [3.05, 3.63) is 10.1 Å². The lowest BCUT2D eigenvalue weighted by Crippen LogP contribution is -2.23. The maximum Gasteiger partial charge on any atom is 0.336 e. The molecule has 0 radical (unpaired) electrons. The van der Waals surface area contributed by atoms with E-state index in [9.17, 15) is 4.79 Å². The third-order valence-corrected chi connectivity index (χ3v) is 8.08. The largest absolute Gasteiger partial charge is 0.438 e. The lowest BCUT2D eigenvalue weighted by Gasteiger charge is -2.17. The zero-order valence-electron chi connectivity index (χ0n) is 13.4. The number of hydrogen-bond donors (Lipinski definition) is 0. The van der Waals surface area contributed by atoms with Gasteiger partial charge in [-0.15, -0.1) is 0 Å². The van der Waals surface area contributed by atoms with Crippen molar-refractivity contribution in [2.75, 3.05) is 5.33 Å². The SMILES string of the molecule is CCCCCCCCCCCCC1=C(Br)C(Br)(CBr)OC1=O. The number of rotatable bonds is 12. The number of ether oxygens (including phenoxy) is 1. The number of halogens is 3. The minimum absolute atomic E-state index is 0.195. The van der Waals surface area contributed by atoms with Gasteiger partial charge in [-0.25, -0.2) is 4.79 Å². The minimum atomic E-state index is -0.697. The van der Waals surface area contributed by atoms with Crippen LogP contribution in [-0.4, -0.2) is 15.8 Å². The van der Waals surface area contributed by atoms with Crippen LogP contribution in [0.2, 0.25) is 0 Å². The van der Waals surface area contributed by atoms with Gasteiger partial charge in [0.15, 0.2) is 0 Å². The number of carbonyl (C=O) groups excluding carboxylic acids is 1. The zero-order valence-corrected chi connectivity index (χ0v) is 18.2. The highest BCUT2D eigenvalue weighted by Gasteiger charge is 2.43. The van der Waals surface area contributed by atoms with E-state index in [1.54, 1.807) is 0 Å². The maximum absolute atomic E-state index is 11.9. The number of esters is 1. The summed E-state index contributed by atoms with van der Waals surface area (Å²) >= 11 is 10.3. The van der Waals surface area contributed by atoms with Crippen LogP contribution in [0.25, 0.3) is 0 Å². The Morgan fingerprint density at radius 2 is 1.45 bits per heavy atom. The summed E-state index contributed by atoms with van der Waals surface area (Å²) in [5.41, 5.74) is 0.788. The maximum atomic E-state index is 11.9. The standard InChI is InChI=1S/C17H27Br3O2/c1-2-3-4-5-6-7-8-9-10-11-12-14-15(19)17(20,13-18)22-16(14)21/h2-13H2,1H3. The number of hydrogen-bond acceptors (Lipinski definition) is 2. The Bertz CT molecular complexity index is 382. The molecule has 0 fully saturated rings. The highest BCUT2D eigenvalue weighted by atomic mass is 79.9. The second-order valence-electron chi connectivity index (χ2n) is 5.98. The molecule has 1 unspecified atom stereocenters. The van der Waals surface area contributed by atoms with Crippen LogP contribution in [0.1, 0.15) is 77.6 Å². The Morgan fingerprint density at radius 1 is 0.955 bits per heavy atom. The van der Waals surface area contributed by atoms with Gasteiger partial charge in [-0.3, -0.25) is 0 Å². The predicted molar refractivity (Wildman–Crippen MR) is 104 cm³/mol. The van der Waals surface area contributed by atoms with Crippen LogP contribution >= 0.6 is 47.8 Å². The molecule has 0 aromatic heterocycles. The van der Waals surface area contributed by atoms with Gasteiger partial charge >= 0.3 is 5.97 Å². The quantitative estimate of drug-likeness (QED) is 0.163. The normalized spacial score (nSPS) is 21.5. The molecule has 0 spiro atoms. The Labute approximate surface area is 160 Å². The van der Waals surface area contributed by atoms with Gasteiger partial charge in [0.25, 0.3) is 0 Å². The molecule has 0 amide bonds. The molecule has 2 nitrogen and oxygen atoms in total. The zero-order chi connectivity index (χ0) is 16.4. The van der Waals surface area contributed by atoms with Crippen molar-refractivity contribution in [2.45, 2.75) is 82.1 Å². The molecular weight excluding hydrogens is 476 g/mol. The Kier molecular flexibility index (Phi) is 10.6. The summed E-state index contributed by atoms with van der Waals surface area (Å²) in [6.45, 7) is 2.26. The number of carbonyl (C=O) groups is 1. The lowest BCUT2D eigenvalue weighted by atomic mass is 10.0. The van der Waals surface area contributed by atoms with Crippen LogP contribution in [0.5, 0.6) is 0 Å². The average molecular weight is 503 g/mol. The van der Waals surface area contributed by atoms with Crippen molar-refractivity contribution < 1.29 is 9.53 Å². The van der Waals surface area contributed by atoms with Crippen LogP contribution in [-0.2, 0) is 9.53 Å². The van der Waals surface area contributed by atoms with E-state index in [0.29, 0.717) is 5.33 Å². The summed E-state index contributed by atoms with van der Waals surface area (Å²) in [6.07, 6.45) is 13.8. The average Bonchev–Trinajstić information content (AvgIpc) is 2.72. The topological polar surface area (TPSA) is 26.3 Å². The Hall–Kier alpha value is 0.650. The van der Waals surface area contributed by atoms with Crippen molar-refractivity contribution in [3.8, 4) is 0 Å². The fraction of sp³-hybridized carbons (Fsp3) is 0.824. The van der Waals surface area contributed by atoms with E-state index in [1.807, 2.05) is 0 Å². The summed E-state index contributed by atoms with van der Waals surface area (Å²) in [7, 11) is 0. The third kappa shape index (κ3) is 6.64. The second-order valence-corrected chi connectivity index (χ2v) is 8.61. The summed E-state index contributed by atoms with van der Waals surface area (Å²) in [4.78, 5) is 11.9. The van der Waals surface area contributed by atoms with E-state index >= 15 is 0 Å². The van der Waals surface area contributed by atoms with E-state index in [-0.39, 0.29) is 5.97 Å². The van der Waals surface area contributed by atoms with Crippen molar-refractivity contribution in [1.29, 1.82) is 0 Å². The summed E-state index contributed by atoms with van der Waals surface area (Å²) in [6, 6.07) is 0. The van der Waals surface area contributed by atoms with E-state index < -0.39 is 4.51 Å². The van der Waals surface area contributed by atoms with E-state index in [1.165, 1.54) is 57.8 Å². The van der Waals surface area contributed by atoms with Crippen LogP contribution < -0.4 is 0 Å². The van der Waals surface area contributed by atoms with Gasteiger partial charge in [-0.05, 0) is 44.7 Å². The molecule has 22 heavy (non-hydrogen) atoms. The summed E-state index contributed by atoms with van der Waals surface area (Å²) in [5.74, 6) is -0.195. The molecule has 0 saturated carbocycles. The molecule has 0 aromatic carbocycles. The highest BCUT2D eigenvalue weighted by molar-refractivity contribution is 9.15. The first-order valence-electron chi connectivity index (χ1n) is 8.42. The molecule has 0 N–H and O–H groups in total. The molecule has 1 aliphatic rings. The van der Waals surface area contributed by atoms with Gasteiger partial charge in [0.1, 0.15) is 0 Å². The molecule has 1 heterocycles. The molecule has 1 aliphatic heterocycles. The van der Waals surface area contributed by atoms with E-state index in [0.717, 1.165) is 22.9 Å². The lowest BCUT2D eigenvalue weighted by molar-refractivity contribution is -0.140. The van der Waals surface area contributed by atoms with E-state index in [4.69, 9.17) is 4.74 Å². The molecule has 0 aliphatic carbocycles. The van der Waals surface area contributed by atoms with Crippen LogP contribution in [0.15, 0.2) is 10.1 Å². The van der Waals surface area contributed by atoms with Gasteiger partial charge < -0.3 is 4.74 Å². The molecule has 1 atom stereocenters. The molecule has 0 aromatic rings. The van der Waals surface area contributed by atoms with Gasteiger partial charge in [0, 0.05) is 0 Å². The smallest absolute Gasteiger partial charge is 0.336 e. The molecular formula is C17H27Br3O2. The van der Waals surface area contributed by atoms with Gasteiger partial charge in [0.05, 0.1) is 15.4 Å². The third-order valence-electron chi connectivity index (χ3n) is 4.05. The molecule has 0 saturated heterocycles. The summed E-state index contributed by atoms with van der Waals surface area (Å²) < 4.78 is 5.52. The molecule has 5 heteroatoms. The summed E-state index contributed by atoms with van der Waals surface area (Å²) in [5, 5.41) is 0.549. The monoisotopic (exact) mass is 500 g/mol. The number of alkyl halides is 2. The first kappa shape index (κ1) is 20.7. The Morgan fingerprint density at radius 3 is 1.91 bits per heavy atom. The van der Waals surface area contributed by atoms with Crippen molar-refractivity contribution in [3.63, 3.8) is 0 Å². The minimum Gasteiger partial charge on any atom is -0.438 e. The van der Waals surface area contributed by atoms with Crippen molar-refractivity contribution in [1.82, 2.24) is 0 Å². The van der Waals surface area contributed by atoms with E-state index in [2.05, 4.69) is 54.7 Å². The number of cyclic esters (lactones) is 1. The predicted octanol–water partition coefficient (Wildman–Crippen LogP) is 6.99. The highest BCUT2D eigenvalue weighted by Crippen LogP contribution is 2.44. The molecule has 0 bridgehead atoms. The van der Waals surface area contributed by atoms with Gasteiger partial charge in [0.2, 0.25) is 4.51 Å². The van der Waals surface area contributed by atoms with Crippen molar-refractivity contribution >= 4 is 53.8 Å². The van der Waals surface area contributed by atoms with Crippen LogP contribution in [0, 0.1) is 0 Å². The number of unbranched alkanes of at least 4 members (excludes halogenated alkanes) is 9. The fourth-order valence-electron chi connectivity index (χ4n) is 2.66. The first-order chi connectivity index (χ1) is 10.5. The Balaban J connectivity index is 2.11. The first-order valence-corrected chi connectivity index (χ1v) is 11.1. The van der Waals surface area contributed by atoms with Crippen LogP contribution in [0.4, 0.5) is 0 Å². The van der Waals surface area contributed by atoms with Gasteiger partial charge in [-0.1, -0.05) is 80.6 Å². The van der Waals surface area contributed by atoms with Gasteiger partial charge in [-0.2, -0.15) is 0 Å².